The molecule has 0 fully saturated rings. The molecule has 7 heteroatoms. The second kappa shape index (κ2) is 9.09. The fourth-order valence-electron chi connectivity index (χ4n) is 3.39. The van der Waals surface area contributed by atoms with Crippen molar-refractivity contribution in [3.63, 3.8) is 0 Å². The predicted molar refractivity (Wildman–Crippen MR) is 111 cm³/mol. The molecule has 3 rings (SSSR count). The smallest absolute Gasteiger partial charge is 0.308 e. The molecule has 0 bridgehead atoms. The number of fused-ring (bicyclic) bond motifs is 1. The minimum absolute atomic E-state index is 0.0362. The van der Waals surface area contributed by atoms with Gasteiger partial charge in [-0.05, 0) is 37.1 Å². The number of carbonyl (C=O) groups excluding carboxylic acids is 3. The van der Waals surface area contributed by atoms with Crippen LogP contribution in [-0.2, 0) is 19.1 Å². The number of carbonyl (C=O) groups is 3. The Labute approximate surface area is 174 Å². The third kappa shape index (κ3) is 5.15. The molecule has 2 N–H and O–H groups in total. The zero-order valence-electron chi connectivity index (χ0n) is 16.3. The molecule has 29 heavy (non-hydrogen) atoms. The SMILES string of the molecule is CC(C)OC(=O)C[C@H](NC(=O)[C@@H]1CC(=O)Nc2ccccc21)c1ccccc1Cl. The van der Waals surface area contributed by atoms with Crippen LogP contribution in [0.4, 0.5) is 5.69 Å². The van der Waals surface area contributed by atoms with Gasteiger partial charge in [-0.3, -0.25) is 14.4 Å². The summed E-state index contributed by atoms with van der Waals surface area (Å²) >= 11 is 6.31. The molecule has 0 aliphatic carbocycles. The van der Waals surface area contributed by atoms with E-state index >= 15 is 0 Å². The summed E-state index contributed by atoms with van der Waals surface area (Å²) < 4.78 is 5.24. The van der Waals surface area contributed by atoms with Crippen molar-refractivity contribution in [1.29, 1.82) is 0 Å². The number of hydrogen-bond donors (Lipinski definition) is 2. The molecule has 1 aliphatic heterocycles. The van der Waals surface area contributed by atoms with Crippen LogP contribution in [0.15, 0.2) is 48.5 Å². The number of rotatable bonds is 6. The Kier molecular flexibility index (Phi) is 6.54. The number of ether oxygens (including phenoxy) is 1. The normalized spacial score (nSPS) is 16.6. The van der Waals surface area contributed by atoms with Crippen LogP contribution < -0.4 is 10.6 Å². The minimum atomic E-state index is -0.667. The molecule has 1 heterocycles. The molecule has 0 unspecified atom stereocenters. The molecular weight excluding hydrogens is 392 g/mol. The lowest BCUT2D eigenvalue weighted by molar-refractivity contribution is -0.148. The predicted octanol–water partition coefficient (Wildman–Crippen LogP) is 3.97. The molecule has 2 aromatic rings. The molecule has 0 spiro atoms. The van der Waals surface area contributed by atoms with Crippen molar-refractivity contribution in [2.75, 3.05) is 5.32 Å². The topological polar surface area (TPSA) is 84.5 Å². The highest BCUT2D eigenvalue weighted by atomic mass is 35.5. The van der Waals surface area contributed by atoms with Gasteiger partial charge in [0, 0.05) is 17.1 Å². The fraction of sp³-hybridized carbons (Fsp3) is 0.318. The van der Waals surface area contributed by atoms with Crippen LogP contribution in [0.1, 0.15) is 49.8 Å². The minimum Gasteiger partial charge on any atom is -0.463 e. The van der Waals surface area contributed by atoms with E-state index in [-0.39, 0.29) is 30.8 Å². The zero-order chi connectivity index (χ0) is 21.0. The summed E-state index contributed by atoms with van der Waals surface area (Å²) in [5.74, 6) is -1.65. The maximum atomic E-state index is 13.1. The molecule has 152 valence electrons. The Morgan fingerprint density at radius 2 is 1.86 bits per heavy atom. The first kappa shape index (κ1) is 20.9. The summed E-state index contributed by atoms with van der Waals surface area (Å²) in [6.07, 6.45) is -0.290. The molecule has 0 radical (unpaired) electrons. The van der Waals surface area contributed by atoms with E-state index in [0.29, 0.717) is 16.3 Å². The lowest BCUT2D eigenvalue weighted by Gasteiger charge is -2.27. The Bertz CT molecular complexity index is 929. The van der Waals surface area contributed by atoms with Crippen molar-refractivity contribution in [1.82, 2.24) is 5.32 Å². The van der Waals surface area contributed by atoms with Crippen LogP contribution in [0.3, 0.4) is 0 Å². The van der Waals surface area contributed by atoms with Gasteiger partial charge in [-0.25, -0.2) is 0 Å². The van der Waals surface area contributed by atoms with Crippen LogP contribution in [0, 0.1) is 0 Å². The first-order valence-corrected chi connectivity index (χ1v) is 9.86. The quantitative estimate of drug-likeness (QED) is 0.700. The van der Waals surface area contributed by atoms with Gasteiger partial charge in [0.2, 0.25) is 11.8 Å². The van der Waals surface area contributed by atoms with Gasteiger partial charge in [-0.1, -0.05) is 48.0 Å². The summed E-state index contributed by atoms with van der Waals surface area (Å²) in [6.45, 7) is 3.52. The summed E-state index contributed by atoms with van der Waals surface area (Å²) in [5, 5.41) is 6.13. The Morgan fingerprint density at radius 1 is 1.17 bits per heavy atom. The van der Waals surface area contributed by atoms with Crippen molar-refractivity contribution < 1.29 is 19.1 Å². The van der Waals surface area contributed by atoms with Crippen LogP contribution in [0.25, 0.3) is 0 Å². The first-order chi connectivity index (χ1) is 13.8. The lowest BCUT2D eigenvalue weighted by atomic mass is 9.89. The van der Waals surface area contributed by atoms with E-state index in [1.54, 1.807) is 50.2 Å². The van der Waals surface area contributed by atoms with Gasteiger partial charge in [0.05, 0.1) is 24.5 Å². The highest BCUT2D eigenvalue weighted by Crippen LogP contribution is 2.33. The van der Waals surface area contributed by atoms with E-state index in [0.717, 1.165) is 5.56 Å². The Morgan fingerprint density at radius 3 is 2.59 bits per heavy atom. The van der Waals surface area contributed by atoms with E-state index in [9.17, 15) is 14.4 Å². The second-order valence-electron chi connectivity index (χ2n) is 7.22. The summed E-state index contributed by atoms with van der Waals surface area (Å²) in [4.78, 5) is 37.5. The van der Waals surface area contributed by atoms with E-state index in [1.807, 2.05) is 12.1 Å². The molecule has 2 atom stereocenters. The first-order valence-electron chi connectivity index (χ1n) is 9.48. The molecular formula is C22H23ClN2O4. The molecule has 0 saturated carbocycles. The van der Waals surface area contributed by atoms with E-state index in [1.165, 1.54) is 0 Å². The highest BCUT2D eigenvalue weighted by Gasteiger charge is 2.32. The molecule has 0 saturated heterocycles. The van der Waals surface area contributed by atoms with E-state index in [2.05, 4.69) is 10.6 Å². The van der Waals surface area contributed by atoms with Crippen molar-refractivity contribution in [2.24, 2.45) is 0 Å². The van der Waals surface area contributed by atoms with Gasteiger partial charge < -0.3 is 15.4 Å². The van der Waals surface area contributed by atoms with Crippen LogP contribution in [-0.4, -0.2) is 23.9 Å². The van der Waals surface area contributed by atoms with Gasteiger partial charge in [0.1, 0.15) is 0 Å². The number of amides is 2. The maximum absolute atomic E-state index is 13.1. The van der Waals surface area contributed by atoms with E-state index < -0.39 is 17.9 Å². The average Bonchev–Trinajstić information content (AvgIpc) is 2.66. The van der Waals surface area contributed by atoms with Gasteiger partial charge in [0.25, 0.3) is 0 Å². The zero-order valence-corrected chi connectivity index (χ0v) is 17.0. The third-order valence-corrected chi connectivity index (χ3v) is 5.00. The van der Waals surface area contributed by atoms with Gasteiger partial charge >= 0.3 is 5.97 Å². The molecule has 6 nitrogen and oxygen atoms in total. The Hall–Kier alpha value is -2.86. The summed E-state index contributed by atoms with van der Waals surface area (Å²) in [7, 11) is 0. The molecule has 2 aromatic carbocycles. The monoisotopic (exact) mass is 414 g/mol. The summed E-state index contributed by atoms with van der Waals surface area (Å²) in [5.41, 5.74) is 1.99. The fourth-order valence-corrected chi connectivity index (χ4v) is 3.66. The number of halogens is 1. The number of anilines is 1. The van der Waals surface area contributed by atoms with Crippen molar-refractivity contribution >= 4 is 35.1 Å². The maximum Gasteiger partial charge on any atom is 0.308 e. The molecule has 2 amide bonds. The van der Waals surface area contributed by atoms with Crippen molar-refractivity contribution in [3.05, 3.63) is 64.7 Å². The van der Waals surface area contributed by atoms with Crippen molar-refractivity contribution in [2.45, 2.75) is 44.8 Å². The van der Waals surface area contributed by atoms with Crippen LogP contribution >= 0.6 is 11.6 Å². The molecule has 1 aliphatic rings. The standard InChI is InChI=1S/C22H23ClN2O4/c1-13(2)29-21(27)12-19(15-8-3-5-9-17(15)23)25-22(28)16-11-20(26)24-18-10-6-4-7-14(16)18/h3-10,13,16,19H,11-12H2,1-2H3,(H,24,26)(H,25,28)/t16-,19+/m1/s1. The second-order valence-corrected chi connectivity index (χ2v) is 7.62. The van der Waals surface area contributed by atoms with Crippen molar-refractivity contribution in [3.8, 4) is 0 Å². The lowest BCUT2D eigenvalue weighted by Crippen LogP contribution is -2.38. The van der Waals surface area contributed by atoms with Gasteiger partial charge in [-0.15, -0.1) is 0 Å². The Balaban J connectivity index is 1.86. The number of esters is 1. The van der Waals surface area contributed by atoms with Gasteiger partial charge in [0.15, 0.2) is 0 Å². The average molecular weight is 415 g/mol. The number of benzene rings is 2. The van der Waals surface area contributed by atoms with Crippen LogP contribution in [0.5, 0.6) is 0 Å². The molecule has 0 aromatic heterocycles. The van der Waals surface area contributed by atoms with Gasteiger partial charge in [-0.2, -0.15) is 0 Å². The van der Waals surface area contributed by atoms with Crippen LogP contribution in [0.2, 0.25) is 5.02 Å². The highest BCUT2D eigenvalue weighted by molar-refractivity contribution is 6.31. The number of hydrogen-bond acceptors (Lipinski definition) is 4. The van der Waals surface area contributed by atoms with E-state index in [4.69, 9.17) is 16.3 Å². The number of para-hydroxylation sites is 1. The largest absolute Gasteiger partial charge is 0.463 e. The number of nitrogens with one attached hydrogen (secondary N) is 2. The third-order valence-electron chi connectivity index (χ3n) is 4.65. The summed E-state index contributed by atoms with van der Waals surface area (Å²) in [6, 6.07) is 13.6.